The Hall–Kier alpha value is -4.35. The summed E-state index contributed by atoms with van der Waals surface area (Å²) in [5.41, 5.74) is 5.63. The number of carbonyl (C=O) groups excluding carboxylic acids is 2. The molecule has 6 N–H and O–H groups in total. The van der Waals surface area contributed by atoms with E-state index < -0.39 is 0 Å². The van der Waals surface area contributed by atoms with Crippen molar-refractivity contribution in [1.82, 2.24) is 25.5 Å². The van der Waals surface area contributed by atoms with Crippen molar-refractivity contribution in [2.75, 3.05) is 44.2 Å². The Morgan fingerprint density at radius 3 is 2.50 bits per heavy atom. The Bertz CT molecular complexity index is 1900. The Labute approximate surface area is 319 Å². The van der Waals surface area contributed by atoms with Crippen LogP contribution in [0.5, 0.6) is 0 Å². The number of nitrogens with zero attached hydrogens (tertiary/aromatic N) is 3. The van der Waals surface area contributed by atoms with Crippen molar-refractivity contribution < 1.29 is 14.9 Å². The molecule has 1 saturated heterocycles. The molecular weight excluding hydrogens is 677 g/mol. The Balaban J connectivity index is 1.07. The van der Waals surface area contributed by atoms with Gasteiger partial charge in [-0.2, -0.15) is 0 Å². The van der Waals surface area contributed by atoms with E-state index in [1.165, 1.54) is 38.3 Å². The van der Waals surface area contributed by atoms with E-state index in [0.717, 1.165) is 90.7 Å². The lowest BCUT2D eigenvalue weighted by Gasteiger charge is -2.70. The number of pyridine rings is 2. The summed E-state index contributed by atoms with van der Waals surface area (Å²) in [5, 5.41) is 16.6. The van der Waals surface area contributed by atoms with Crippen LogP contribution in [-0.4, -0.2) is 78.2 Å². The SMILES string of the molecule is CCCc1cc(C)[nH]c(=O)c1CNC(=O)c1cc(-c2ccc(N3CCN(C(C)C)CC3)nc2)cc([NH2+]CCNC(=O)CC23CC4CCCC(C2)C43)c1C=N. The van der Waals surface area contributed by atoms with Crippen LogP contribution in [-0.2, 0) is 17.8 Å². The van der Waals surface area contributed by atoms with Crippen LogP contribution in [0.1, 0.15) is 98.5 Å². The van der Waals surface area contributed by atoms with E-state index in [1.54, 1.807) is 0 Å². The van der Waals surface area contributed by atoms with Crippen LogP contribution >= 0.6 is 0 Å². The summed E-state index contributed by atoms with van der Waals surface area (Å²) in [6, 6.07) is 10.4. The third-order valence-electron chi connectivity index (χ3n) is 12.9. The van der Waals surface area contributed by atoms with Crippen LogP contribution in [0.25, 0.3) is 11.1 Å². The summed E-state index contributed by atoms with van der Waals surface area (Å²) >= 11 is 0. The van der Waals surface area contributed by atoms with Crippen molar-refractivity contribution >= 4 is 29.5 Å². The molecule has 3 saturated carbocycles. The first-order valence-electron chi connectivity index (χ1n) is 20.3. The molecule has 4 aliphatic rings. The average Bonchev–Trinajstić information content (AvgIpc) is 3.14. The third kappa shape index (κ3) is 7.75. The van der Waals surface area contributed by atoms with Gasteiger partial charge in [-0.3, -0.25) is 19.3 Å². The Morgan fingerprint density at radius 1 is 1.07 bits per heavy atom. The van der Waals surface area contributed by atoms with Gasteiger partial charge in [0.1, 0.15) is 11.5 Å². The molecule has 0 radical (unpaired) electrons. The summed E-state index contributed by atoms with van der Waals surface area (Å²) in [6.45, 7) is 13.4. The van der Waals surface area contributed by atoms with Gasteiger partial charge in [-0.1, -0.05) is 32.6 Å². The van der Waals surface area contributed by atoms with E-state index in [-0.39, 0.29) is 29.3 Å². The van der Waals surface area contributed by atoms with E-state index in [1.807, 2.05) is 48.8 Å². The summed E-state index contributed by atoms with van der Waals surface area (Å²) in [4.78, 5) is 52.6. The molecule has 0 spiro atoms. The van der Waals surface area contributed by atoms with Crippen LogP contribution in [0.2, 0.25) is 0 Å². The number of rotatable bonds is 15. The van der Waals surface area contributed by atoms with E-state index in [0.29, 0.717) is 42.2 Å². The number of aryl methyl sites for hydroxylation is 2. The zero-order valence-corrected chi connectivity index (χ0v) is 32.6. The summed E-state index contributed by atoms with van der Waals surface area (Å²) < 4.78 is 0. The molecule has 288 valence electrons. The second kappa shape index (κ2) is 16.2. The highest BCUT2D eigenvalue weighted by Gasteiger charge is 2.65. The number of benzene rings is 1. The van der Waals surface area contributed by atoms with Crippen LogP contribution in [0.4, 0.5) is 11.5 Å². The number of carbonyl (C=O) groups is 2. The van der Waals surface area contributed by atoms with Gasteiger partial charge in [0.25, 0.3) is 11.5 Å². The van der Waals surface area contributed by atoms with Crippen LogP contribution in [0.15, 0.2) is 41.3 Å². The number of nitrogens with two attached hydrogens (primary N) is 1. The monoisotopic (exact) mass is 735 g/mol. The predicted molar refractivity (Wildman–Crippen MR) is 214 cm³/mol. The predicted octanol–water partition coefficient (Wildman–Crippen LogP) is 4.68. The molecule has 4 fully saturated rings. The summed E-state index contributed by atoms with van der Waals surface area (Å²) in [7, 11) is 0. The van der Waals surface area contributed by atoms with Gasteiger partial charge in [-0.05, 0) is 98.6 Å². The van der Waals surface area contributed by atoms with Gasteiger partial charge in [0.05, 0.1) is 24.2 Å². The van der Waals surface area contributed by atoms with E-state index in [4.69, 9.17) is 10.4 Å². The molecule has 54 heavy (non-hydrogen) atoms. The lowest BCUT2D eigenvalue weighted by atomic mass is 9.34. The first-order chi connectivity index (χ1) is 26.1. The van der Waals surface area contributed by atoms with Crippen molar-refractivity contribution in [2.45, 2.75) is 91.6 Å². The van der Waals surface area contributed by atoms with Crippen LogP contribution in [0.3, 0.4) is 0 Å². The van der Waals surface area contributed by atoms with Crippen molar-refractivity contribution in [3.05, 3.63) is 74.8 Å². The topological polar surface area (TPSA) is 151 Å². The van der Waals surface area contributed by atoms with Crippen molar-refractivity contribution in [1.29, 1.82) is 5.41 Å². The number of H-pyrrole nitrogens is 1. The molecule has 2 amide bonds. The molecule has 2 aromatic heterocycles. The third-order valence-corrected chi connectivity index (χ3v) is 12.9. The lowest BCUT2D eigenvalue weighted by molar-refractivity contribution is -0.569. The quantitative estimate of drug-likeness (QED) is 0.0869. The second-order valence-corrected chi connectivity index (χ2v) is 16.7. The molecule has 2 atom stereocenters. The molecule has 3 heterocycles. The zero-order valence-electron chi connectivity index (χ0n) is 32.6. The molecule has 2 unspecified atom stereocenters. The van der Waals surface area contributed by atoms with Gasteiger partial charge in [-0.25, -0.2) is 4.98 Å². The molecule has 3 aliphatic carbocycles. The standard InChI is InChI=1S/C43H58N8O3/c1-5-7-29-18-28(4)49-42(54)36(29)26-48-41(53)34-19-33(32-10-11-38(47-25-32)51-16-14-50(15-17-51)27(2)3)20-37(35(34)24-44)45-12-13-46-39(52)23-43-21-30-8-6-9-31(22-43)40(30)43/h10-11,18-20,24-25,27,30-31,40,44-45H,5-9,12-17,21-23,26H2,1-4H3,(H,46,52)(H,48,53)(H,49,54)/p+1. The fraction of sp³-hybridized carbons (Fsp3) is 0.558. The molecule has 11 heteroatoms. The van der Waals surface area contributed by atoms with Crippen molar-refractivity contribution in [2.24, 2.45) is 23.2 Å². The van der Waals surface area contributed by atoms with E-state index >= 15 is 0 Å². The van der Waals surface area contributed by atoms with E-state index in [9.17, 15) is 14.4 Å². The van der Waals surface area contributed by atoms with Crippen molar-refractivity contribution in [3.8, 4) is 11.1 Å². The minimum absolute atomic E-state index is 0.0840. The number of hydrogen-bond acceptors (Lipinski definition) is 7. The fourth-order valence-corrected chi connectivity index (χ4v) is 10.3. The fourth-order valence-electron chi connectivity index (χ4n) is 10.3. The zero-order chi connectivity index (χ0) is 38.0. The molecule has 3 aromatic rings. The van der Waals surface area contributed by atoms with Crippen LogP contribution < -0.4 is 26.4 Å². The average molecular weight is 736 g/mol. The smallest absolute Gasteiger partial charge is 0.253 e. The maximum Gasteiger partial charge on any atom is 0.253 e. The maximum absolute atomic E-state index is 14.0. The lowest BCUT2D eigenvalue weighted by Crippen LogP contribution is -2.80. The highest BCUT2D eigenvalue weighted by atomic mass is 16.2. The first-order valence-corrected chi connectivity index (χ1v) is 20.3. The van der Waals surface area contributed by atoms with Gasteiger partial charge < -0.3 is 31.2 Å². The largest absolute Gasteiger partial charge is 0.354 e. The van der Waals surface area contributed by atoms with Gasteiger partial charge in [0.15, 0.2) is 0 Å². The number of aromatic nitrogens is 2. The number of quaternary nitrogens is 1. The molecule has 1 aliphatic heterocycles. The Kier molecular flexibility index (Phi) is 11.4. The summed E-state index contributed by atoms with van der Waals surface area (Å²) in [5.74, 6) is 3.18. The van der Waals surface area contributed by atoms with Crippen LogP contribution in [0, 0.1) is 35.5 Å². The number of anilines is 1. The number of amides is 2. The number of nitrogens with one attached hydrogen (secondary N) is 4. The first kappa shape index (κ1) is 37.9. The van der Waals surface area contributed by atoms with Gasteiger partial charge in [0.2, 0.25) is 5.91 Å². The second-order valence-electron chi connectivity index (χ2n) is 16.7. The normalized spacial score (nSPS) is 23.3. The highest BCUT2D eigenvalue weighted by molar-refractivity contribution is 6.05. The number of hydrogen-bond donors (Lipinski definition) is 5. The van der Waals surface area contributed by atoms with Crippen molar-refractivity contribution in [3.63, 3.8) is 0 Å². The minimum Gasteiger partial charge on any atom is -0.354 e. The Morgan fingerprint density at radius 2 is 1.83 bits per heavy atom. The number of piperazine rings is 1. The summed E-state index contributed by atoms with van der Waals surface area (Å²) in [6.07, 6.45) is 11.8. The molecule has 7 rings (SSSR count). The molecule has 11 nitrogen and oxygen atoms in total. The van der Waals surface area contributed by atoms with Gasteiger partial charge in [0, 0.05) is 80.5 Å². The highest BCUT2D eigenvalue weighted by Crippen LogP contribution is 2.72. The molecule has 0 bridgehead atoms. The van der Waals surface area contributed by atoms with Gasteiger partial charge >= 0.3 is 0 Å². The molecule has 1 aromatic carbocycles. The molecular formula is C43H59N8O3+. The maximum atomic E-state index is 14.0. The van der Waals surface area contributed by atoms with E-state index in [2.05, 4.69) is 46.2 Å². The van der Waals surface area contributed by atoms with Gasteiger partial charge in [-0.15, -0.1) is 0 Å². The number of aromatic amines is 1. The minimum atomic E-state index is -0.354.